The Morgan fingerprint density at radius 3 is 2.64 bits per heavy atom. The van der Waals surface area contributed by atoms with Crippen molar-refractivity contribution in [2.24, 2.45) is 0 Å². The van der Waals surface area contributed by atoms with Gasteiger partial charge in [0.15, 0.2) is 5.79 Å². The minimum absolute atomic E-state index is 0.292. The van der Waals surface area contributed by atoms with Crippen LogP contribution in [0.15, 0.2) is 18.2 Å². The second-order valence-corrected chi connectivity index (χ2v) is 7.83. The van der Waals surface area contributed by atoms with Crippen molar-refractivity contribution in [1.29, 1.82) is 0 Å². The number of fused-ring (bicyclic) bond motifs is 1. The highest BCUT2D eigenvalue weighted by Crippen LogP contribution is 2.35. The number of benzene rings is 1. The van der Waals surface area contributed by atoms with Crippen LogP contribution in [0.5, 0.6) is 0 Å². The van der Waals surface area contributed by atoms with E-state index in [9.17, 15) is 19.3 Å². The summed E-state index contributed by atoms with van der Waals surface area (Å²) >= 11 is 0. The molecule has 1 aromatic carbocycles. The predicted molar refractivity (Wildman–Crippen MR) is 98.5 cm³/mol. The minimum atomic E-state index is -1.06. The van der Waals surface area contributed by atoms with Gasteiger partial charge in [-0.05, 0) is 33.8 Å². The topological polar surface area (TPSA) is 92.8 Å². The van der Waals surface area contributed by atoms with Crippen molar-refractivity contribution < 1.29 is 28.3 Å². The zero-order valence-electron chi connectivity index (χ0n) is 16.4. The largest absolute Gasteiger partial charge is 0.468 e. The van der Waals surface area contributed by atoms with Gasteiger partial charge in [0, 0.05) is 23.2 Å². The minimum Gasteiger partial charge on any atom is -0.468 e. The number of hydrogen-bond acceptors (Lipinski definition) is 6. The third kappa shape index (κ3) is 3.47. The summed E-state index contributed by atoms with van der Waals surface area (Å²) in [5.74, 6) is -2.16. The van der Waals surface area contributed by atoms with Crippen LogP contribution in [-0.4, -0.2) is 41.1 Å². The maximum absolute atomic E-state index is 14.3. The standard InChI is InChI=1S/C19H23FN2O6/c1-18(2,17(23)26-5)16-7-11-6-15(22(24)25)13(20)8-14(11)21(16)9-12-10-27-19(3,4)28-12/h6-8,12H,9-10H2,1-5H3. The number of nitro groups is 1. The van der Waals surface area contributed by atoms with Gasteiger partial charge in [0.25, 0.3) is 0 Å². The third-order valence-corrected chi connectivity index (χ3v) is 4.96. The molecule has 0 spiro atoms. The normalized spacial score (nSPS) is 19.1. The molecule has 1 unspecified atom stereocenters. The molecule has 1 aliphatic rings. The van der Waals surface area contributed by atoms with Crippen molar-refractivity contribution in [2.75, 3.05) is 13.7 Å². The number of nitrogens with zero attached hydrogens (tertiary/aromatic N) is 2. The highest BCUT2D eigenvalue weighted by Gasteiger charge is 2.38. The first-order chi connectivity index (χ1) is 13.0. The molecule has 0 bridgehead atoms. The summed E-state index contributed by atoms with van der Waals surface area (Å²) in [5.41, 5.74) is -0.701. The lowest BCUT2D eigenvalue weighted by atomic mass is 9.89. The first kappa shape index (κ1) is 20.2. The highest BCUT2D eigenvalue weighted by molar-refractivity contribution is 5.88. The molecule has 3 rings (SSSR count). The summed E-state index contributed by atoms with van der Waals surface area (Å²) in [6.45, 7) is 7.58. The molecule has 1 aliphatic heterocycles. The van der Waals surface area contributed by atoms with Gasteiger partial charge in [-0.1, -0.05) is 0 Å². The van der Waals surface area contributed by atoms with E-state index in [4.69, 9.17) is 14.2 Å². The third-order valence-electron chi connectivity index (χ3n) is 4.96. The molecule has 1 aromatic heterocycles. The fourth-order valence-corrected chi connectivity index (χ4v) is 3.54. The van der Waals surface area contributed by atoms with Crippen LogP contribution in [0.4, 0.5) is 10.1 Å². The van der Waals surface area contributed by atoms with Crippen LogP contribution in [0.1, 0.15) is 33.4 Å². The van der Waals surface area contributed by atoms with Crippen LogP contribution in [0.25, 0.3) is 10.9 Å². The molecule has 0 saturated carbocycles. The number of methoxy groups -OCH3 is 1. The number of aromatic nitrogens is 1. The molecule has 9 heteroatoms. The number of hydrogen-bond donors (Lipinski definition) is 0. The van der Waals surface area contributed by atoms with E-state index in [0.29, 0.717) is 29.7 Å². The van der Waals surface area contributed by atoms with Crippen molar-refractivity contribution in [3.63, 3.8) is 0 Å². The Morgan fingerprint density at radius 1 is 1.43 bits per heavy atom. The Labute approximate surface area is 161 Å². The van der Waals surface area contributed by atoms with Gasteiger partial charge < -0.3 is 18.8 Å². The summed E-state index contributed by atoms with van der Waals surface area (Å²) in [7, 11) is 1.29. The van der Waals surface area contributed by atoms with Gasteiger partial charge in [-0.15, -0.1) is 0 Å². The molecule has 152 valence electrons. The van der Waals surface area contributed by atoms with Crippen molar-refractivity contribution in [2.45, 2.75) is 51.5 Å². The molecule has 8 nitrogen and oxygen atoms in total. The fourth-order valence-electron chi connectivity index (χ4n) is 3.54. The van der Waals surface area contributed by atoms with Gasteiger partial charge in [-0.2, -0.15) is 4.39 Å². The van der Waals surface area contributed by atoms with E-state index in [1.165, 1.54) is 13.2 Å². The average molecular weight is 394 g/mol. The van der Waals surface area contributed by atoms with Crippen LogP contribution in [0.3, 0.4) is 0 Å². The monoisotopic (exact) mass is 394 g/mol. The fraction of sp³-hybridized carbons (Fsp3) is 0.526. The van der Waals surface area contributed by atoms with E-state index in [1.807, 2.05) is 0 Å². The smallest absolute Gasteiger partial charge is 0.317 e. The molecule has 0 N–H and O–H groups in total. The maximum atomic E-state index is 14.3. The second-order valence-electron chi connectivity index (χ2n) is 7.83. The molecule has 1 atom stereocenters. The van der Waals surface area contributed by atoms with Crippen molar-refractivity contribution in [3.8, 4) is 0 Å². The van der Waals surface area contributed by atoms with E-state index in [-0.39, 0.29) is 6.10 Å². The summed E-state index contributed by atoms with van der Waals surface area (Å²) in [4.78, 5) is 22.7. The lowest BCUT2D eigenvalue weighted by Gasteiger charge is -2.25. The summed E-state index contributed by atoms with van der Waals surface area (Å²) < 4.78 is 32.4. The second kappa shape index (κ2) is 6.82. The lowest BCUT2D eigenvalue weighted by Crippen LogP contribution is -2.34. The SMILES string of the molecule is COC(=O)C(C)(C)c1cc2cc([N+](=O)[O-])c(F)cc2n1CC1COC(C)(C)O1. The number of ether oxygens (including phenoxy) is 3. The summed E-state index contributed by atoms with van der Waals surface area (Å²) in [5, 5.41) is 11.6. The van der Waals surface area contributed by atoms with Crippen LogP contribution in [0, 0.1) is 15.9 Å². The Hall–Kier alpha value is -2.52. The van der Waals surface area contributed by atoms with Gasteiger partial charge in [0.1, 0.15) is 11.5 Å². The Morgan fingerprint density at radius 2 is 2.11 bits per heavy atom. The molecule has 0 aliphatic carbocycles. The molecule has 2 aromatic rings. The number of esters is 1. The van der Waals surface area contributed by atoms with E-state index >= 15 is 0 Å². The van der Waals surface area contributed by atoms with Crippen LogP contribution in [-0.2, 0) is 31.0 Å². The molecule has 0 amide bonds. The van der Waals surface area contributed by atoms with E-state index in [2.05, 4.69) is 0 Å². The molecular weight excluding hydrogens is 371 g/mol. The van der Waals surface area contributed by atoms with Crippen molar-refractivity contribution in [1.82, 2.24) is 4.57 Å². The Balaban J connectivity index is 2.17. The van der Waals surface area contributed by atoms with Crippen LogP contribution < -0.4 is 0 Å². The van der Waals surface area contributed by atoms with Crippen molar-refractivity contribution in [3.05, 3.63) is 39.8 Å². The molecule has 2 heterocycles. The molecule has 0 radical (unpaired) electrons. The van der Waals surface area contributed by atoms with Crippen LogP contribution in [0.2, 0.25) is 0 Å². The zero-order chi connectivity index (χ0) is 20.9. The molecular formula is C19H23FN2O6. The number of nitro benzene ring substituents is 1. The Bertz CT molecular complexity index is 950. The quantitative estimate of drug-likeness (QED) is 0.439. The van der Waals surface area contributed by atoms with Crippen LogP contribution >= 0.6 is 0 Å². The van der Waals surface area contributed by atoms with E-state index in [1.54, 1.807) is 38.3 Å². The van der Waals surface area contributed by atoms with Gasteiger partial charge in [0.2, 0.25) is 5.82 Å². The number of carbonyl (C=O) groups is 1. The number of carbonyl (C=O) groups excluding carboxylic acids is 1. The summed E-state index contributed by atoms with van der Waals surface area (Å²) in [6.07, 6.45) is -0.323. The first-order valence-electron chi connectivity index (χ1n) is 8.84. The molecule has 28 heavy (non-hydrogen) atoms. The van der Waals surface area contributed by atoms with E-state index in [0.717, 1.165) is 6.07 Å². The summed E-state index contributed by atoms with van der Waals surface area (Å²) in [6, 6.07) is 3.94. The molecule has 1 saturated heterocycles. The van der Waals surface area contributed by atoms with Crippen molar-refractivity contribution >= 4 is 22.6 Å². The maximum Gasteiger partial charge on any atom is 0.317 e. The highest BCUT2D eigenvalue weighted by atomic mass is 19.1. The zero-order valence-corrected chi connectivity index (χ0v) is 16.4. The Kier molecular flexibility index (Phi) is 4.93. The van der Waals surface area contributed by atoms with Gasteiger partial charge in [0.05, 0.1) is 30.7 Å². The average Bonchev–Trinajstić information content (AvgIpc) is 3.13. The van der Waals surface area contributed by atoms with Gasteiger partial charge in [-0.25, -0.2) is 0 Å². The van der Waals surface area contributed by atoms with Gasteiger partial charge >= 0.3 is 11.7 Å². The lowest BCUT2D eigenvalue weighted by molar-refractivity contribution is -0.387. The molecule has 1 fully saturated rings. The predicted octanol–water partition coefficient (Wildman–Crippen LogP) is 3.29. The van der Waals surface area contributed by atoms with Gasteiger partial charge in [-0.3, -0.25) is 14.9 Å². The first-order valence-corrected chi connectivity index (χ1v) is 8.84. The number of halogens is 1. The number of rotatable bonds is 5. The van der Waals surface area contributed by atoms with E-state index < -0.39 is 33.6 Å².